The summed E-state index contributed by atoms with van der Waals surface area (Å²) in [4.78, 5) is 23.8. The molecule has 132 valence electrons. The first-order chi connectivity index (χ1) is 12.0. The monoisotopic (exact) mass is 340 g/mol. The summed E-state index contributed by atoms with van der Waals surface area (Å²) in [5, 5.41) is 5.74. The number of benzene rings is 2. The van der Waals surface area contributed by atoms with Gasteiger partial charge in [0.1, 0.15) is 5.75 Å². The first-order valence-electron chi connectivity index (χ1n) is 8.21. The lowest BCUT2D eigenvalue weighted by atomic mass is 10.0. The zero-order valence-corrected chi connectivity index (χ0v) is 14.8. The van der Waals surface area contributed by atoms with Gasteiger partial charge in [-0.3, -0.25) is 9.59 Å². The topological polar surface area (TPSA) is 67.4 Å². The molecule has 0 saturated carbocycles. The van der Waals surface area contributed by atoms with Gasteiger partial charge in [0.25, 0.3) is 0 Å². The Labute approximate surface area is 148 Å². The Hall–Kier alpha value is -2.82. The summed E-state index contributed by atoms with van der Waals surface area (Å²) in [6.45, 7) is 3.93. The van der Waals surface area contributed by atoms with Gasteiger partial charge in [-0.2, -0.15) is 0 Å². The van der Waals surface area contributed by atoms with Crippen LogP contribution in [0.4, 0.5) is 0 Å². The fraction of sp³-hybridized carbons (Fsp3) is 0.300. The second-order valence-corrected chi connectivity index (χ2v) is 6.00. The van der Waals surface area contributed by atoms with Crippen LogP contribution in [0.5, 0.6) is 5.75 Å². The van der Waals surface area contributed by atoms with Crippen molar-refractivity contribution in [2.24, 2.45) is 0 Å². The average molecular weight is 340 g/mol. The predicted octanol–water partition coefficient (Wildman–Crippen LogP) is 2.89. The molecule has 0 aliphatic carbocycles. The minimum Gasteiger partial charge on any atom is -0.497 e. The van der Waals surface area contributed by atoms with Gasteiger partial charge in [0, 0.05) is 13.5 Å². The zero-order valence-electron chi connectivity index (χ0n) is 14.8. The molecule has 0 aliphatic heterocycles. The van der Waals surface area contributed by atoms with Gasteiger partial charge in [-0.05, 0) is 30.2 Å². The quantitative estimate of drug-likeness (QED) is 0.814. The molecule has 2 N–H and O–H groups in total. The summed E-state index contributed by atoms with van der Waals surface area (Å²) < 4.78 is 5.14. The molecule has 2 rings (SSSR count). The molecule has 0 radical (unpaired) electrons. The van der Waals surface area contributed by atoms with E-state index in [1.165, 1.54) is 6.92 Å². The number of hydrogen-bond donors (Lipinski definition) is 2. The molecule has 0 heterocycles. The second-order valence-electron chi connectivity index (χ2n) is 6.00. The summed E-state index contributed by atoms with van der Waals surface area (Å²) in [7, 11) is 1.60. The molecule has 1 atom stereocenters. The van der Waals surface area contributed by atoms with Crippen molar-refractivity contribution in [3.8, 4) is 5.75 Å². The molecule has 2 aromatic carbocycles. The molecule has 0 saturated heterocycles. The van der Waals surface area contributed by atoms with E-state index in [1.807, 2.05) is 55.5 Å². The summed E-state index contributed by atoms with van der Waals surface area (Å²) in [6.07, 6.45) is 0.178. The number of aryl methyl sites for hydroxylation is 1. The van der Waals surface area contributed by atoms with Gasteiger partial charge in [0.05, 0.1) is 19.6 Å². The molecule has 1 unspecified atom stereocenters. The van der Waals surface area contributed by atoms with Crippen molar-refractivity contribution in [1.29, 1.82) is 0 Å². The second kappa shape index (κ2) is 8.87. The van der Waals surface area contributed by atoms with Gasteiger partial charge < -0.3 is 15.4 Å². The lowest BCUT2D eigenvalue weighted by Crippen LogP contribution is -2.32. The Balaban J connectivity index is 2.00. The van der Waals surface area contributed by atoms with Crippen LogP contribution in [-0.4, -0.2) is 18.9 Å². The van der Waals surface area contributed by atoms with E-state index in [0.29, 0.717) is 6.54 Å². The number of rotatable bonds is 7. The van der Waals surface area contributed by atoms with Crippen molar-refractivity contribution < 1.29 is 14.3 Å². The lowest BCUT2D eigenvalue weighted by molar-refractivity contribution is -0.122. The number of amides is 2. The molecule has 0 aliphatic rings. The van der Waals surface area contributed by atoms with Crippen LogP contribution in [0, 0.1) is 6.92 Å². The van der Waals surface area contributed by atoms with Crippen molar-refractivity contribution in [2.45, 2.75) is 32.9 Å². The van der Waals surface area contributed by atoms with Crippen LogP contribution in [0.15, 0.2) is 48.5 Å². The minimum absolute atomic E-state index is 0.115. The van der Waals surface area contributed by atoms with Crippen LogP contribution >= 0.6 is 0 Å². The first-order valence-corrected chi connectivity index (χ1v) is 8.21. The third kappa shape index (κ3) is 5.95. The van der Waals surface area contributed by atoms with E-state index in [4.69, 9.17) is 4.74 Å². The Morgan fingerprint density at radius 1 is 1.12 bits per heavy atom. The molecule has 2 amide bonds. The molecule has 5 heteroatoms. The molecular formula is C20H24N2O3. The average Bonchev–Trinajstić information content (AvgIpc) is 2.59. The van der Waals surface area contributed by atoms with Gasteiger partial charge in [-0.15, -0.1) is 0 Å². The number of carbonyl (C=O) groups is 2. The van der Waals surface area contributed by atoms with E-state index < -0.39 is 0 Å². The van der Waals surface area contributed by atoms with Gasteiger partial charge in [0.2, 0.25) is 11.8 Å². The first kappa shape index (κ1) is 18.5. The predicted molar refractivity (Wildman–Crippen MR) is 97.2 cm³/mol. The SMILES string of the molecule is COc1ccc(C(CC(=O)NCc2cccc(C)c2)NC(C)=O)cc1. The zero-order chi connectivity index (χ0) is 18.2. The maximum atomic E-state index is 12.3. The number of ether oxygens (including phenoxy) is 1. The van der Waals surface area contributed by atoms with E-state index >= 15 is 0 Å². The summed E-state index contributed by atoms with van der Waals surface area (Å²) >= 11 is 0. The summed E-state index contributed by atoms with van der Waals surface area (Å²) in [5.74, 6) is 0.442. The van der Waals surface area contributed by atoms with E-state index in [1.54, 1.807) is 7.11 Å². The van der Waals surface area contributed by atoms with Gasteiger partial charge in [-0.1, -0.05) is 42.0 Å². The number of methoxy groups -OCH3 is 1. The van der Waals surface area contributed by atoms with E-state index in [0.717, 1.165) is 22.4 Å². The Kier molecular flexibility index (Phi) is 6.57. The Morgan fingerprint density at radius 3 is 2.44 bits per heavy atom. The maximum Gasteiger partial charge on any atom is 0.222 e. The third-order valence-corrected chi connectivity index (χ3v) is 3.86. The summed E-state index contributed by atoms with van der Waals surface area (Å²) in [6, 6.07) is 15.0. The highest BCUT2D eigenvalue weighted by Gasteiger charge is 2.17. The summed E-state index contributed by atoms with van der Waals surface area (Å²) in [5.41, 5.74) is 3.07. The third-order valence-electron chi connectivity index (χ3n) is 3.86. The molecule has 0 bridgehead atoms. The Morgan fingerprint density at radius 2 is 1.84 bits per heavy atom. The van der Waals surface area contributed by atoms with E-state index in [2.05, 4.69) is 10.6 Å². The van der Waals surface area contributed by atoms with Crippen LogP contribution in [0.2, 0.25) is 0 Å². The van der Waals surface area contributed by atoms with Crippen LogP contribution in [0.1, 0.15) is 36.1 Å². The van der Waals surface area contributed by atoms with E-state index in [9.17, 15) is 9.59 Å². The van der Waals surface area contributed by atoms with Crippen LogP contribution in [-0.2, 0) is 16.1 Å². The normalized spacial score (nSPS) is 11.5. The van der Waals surface area contributed by atoms with Crippen molar-refractivity contribution in [2.75, 3.05) is 7.11 Å². The molecule has 5 nitrogen and oxygen atoms in total. The van der Waals surface area contributed by atoms with Crippen LogP contribution in [0.25, 0.3) is 0 Å². The molecule has 0 fully saturated rings. The van der Waals surface area contributed by atoms with Crippen LogP contribution < -0.4 is 15.4 Å². The Bertz CT molecular complexity index is 726. The highest BCUT2D eigenvalue weighted by Crippen LogP contribution is 2.20. The van der Waals surface area contributed by atoms with Gasteiger partial charge in [0.15, 0.2) is 0 Å². The highest BCUT2D eigenvalue weighted by atomic mass is 16.5. The minimum atomic E-state index is -0.374. The van der Waals surface area contributed by atoms with Crippen molar-refractivity contribution in [3.05, 3.63) is 65.2 Å². The smallest absolute Gasteiger partial charge is 0.222 e. The molecule has 2 aromatic rings. The number of hydrogen-bond acceptors (Lipinski definition) is 3. The number of nitrogens with one attached hydrogen (secondary N) is 2. The highest BCUT2D eigenvalue weighted by molar-refractivity contribution is 5.79. The van der Waals surface area contributed by atoms with Crippen molar-refractivity contribution >= 4 is 11.8 Å². The largest absolute Gasteiger partial charge is 0.497 e. The van der Waals surface area contributed by atoms with Crippen LogP contribution in [0.3, 0.4) is 0 Å². The fourth-order valence-corrected chi connectivity index (χ4v) is 2.61. The van der Waals surface area contributed by atoms with Crippen molar-refractivity contribution in [3.63, 3.8) is 0 Å². The van der Waals surface area contributed by atoms with Gasteiger partial charge >= 0.3 is 0 Å². The molecule has 25 heavy (non-hydrogen) atoms. The maximum absolute atomic E-state index is 12.3. The van der Waals surface area contributed by atoms with Gasteiger partial charge in [-0.25, -0.2) is 0 Å². The molecule has 0 spiro atoms. The van der Waals surface area contributed by atoms with Crippen molar-refractivity contribution in [1.82, 2.24) is 10.6 Å². The fourth-order valence-electron chi connectivity index (χ4n) is 2.61. The lowest BCUT2D eigenvalue weighted by Gasteiger charge is -2.18. The molecular weight excluding hydrogens is 316 g/mol. The number of carbonyl (C=O) groups excluding carboxylic acids is 2. The van der Waals surface area contributed by atoms with E-state index in [-0.39, 0.29) is 24.3 Å². The molecule has 0 aromatic heterocycles. The standard InChI is InChI=1S/C20H24N2O3/c1-14-5-4-6-16(11-14)13-21-20(24)12-19(22-15(2)23)17-7-9-18(25-3)10-8-17/h4-11,19H,12-13H2,1-3H3,(H,21,24)(H,22,23).